The Morgan fingerprint density at radius 3 is 2.53 bits per heavy atom. The van der Waals surface area contributed by atoms with Crippen LogP contribution in [-0.4, -0.2) is 21.5 Å². The molecule has 0 aliphatic heterocycles. The molecule has 0 aliphatic rings. The highest BCUT2D eigenvalue weighted by atomic mass is 16.2. The van der Waals surface area contributed by atoms with E-state index in [2.05, 4.69) is 10.3 Å². The lowest BCUT2D eigenvalue weighted by Gasteiger charge is -2.24. The van der Waals surface area contributed by atoms with E-state index in [0.29, 0.717) is 0 Å². The SMILES string of the molecule is CC(C)NC(=O)C(C)n1cncc1C(C)(C)N. The fraction of sp³-hybridized carbons (Fsp3) is 0.667. The third-order valence-corrected chi connectivity index (χ3v) is 2.55. The van der Waals surface area contributed by atoms with Crippen LogP contribution in [0.5, 0.6) is 0 Å². The summed E-state index contributed by atoms with van der Waals surface area (Å²) < 4.78 is 1.82. The molecule has 1 aromatic heterocycles. The molecule has 5 nitrogen and oxygen atoms in total. The summed E-state index contributed by atoms with van der Waals surface area (Å²) in [6.07, 6.45) is 3.35. The van der Waals surface area contributed by atoms with Crippen molar-refractivity contribution in [3.63, 3.8) is 0 Å². The molecule has 0 spiro atoms. The summed E-state index contributed by atoms with van der Waals surface area (Å²) in [5.74, 6) is -0.0245. The van der Waals surface area contributed by atoms with Crippen LogP contribution in [0.4, 0.5) is 0 Å². The van der Waals surface area contributed by atoms with Gasteiger partial charge in [-0.05, 0) is 34.6 Å². The summed E-state index contributed by atoms with van der Waals surface area (Å²) in [7, 11) is 0. The van der Waals surface area contributed by atoms with E-state index in [1.807, 2.05) is 39.2 Å². The second kappa shape index (κ2) is 4.87. The number of aromatic nitrogens is 2. The van der Waals surface area contributed by atoms with Crippen molar-refractivity contribution in [2.24, 2.45) is 5.73 Å². The highest BCUT2D eigenvalue weighted by molar-refractivity contribution is 5.80. The number of carbonyl (C=O) groups is 1. The van der Waals surface area contributed by atoms with Gasteiger partial charge in [0, 0.05) is 6.04 Å². The predicted molar refractivity (Wildman–Crippen MR) is 67.4 cm³/mol. The first kappa shape index (κ1) is 13.7. The minimum atomic E-state index is -0.511. The van der Waals surface area contributed by atoms with Gasteiger partial charge in [0.25, 0.3) is 0 Å². The zero-order valence-corrected chi connectivity index (χ0v) is 11.2. The molecule has 0 saturated heterocycles. The van der Waals surface area contributed by atoms with Crippen molar-refractivity contribution in [1.29, 1.82) is 0 Å². The van der Waals surface area contributed by atoms with Gasteiger partial charge in [0.1, 0.15) is 6.04 Å². The zero-order valence-electron chi connectivity index (χ0n) is 11.2. The van der Waals surface area contributed by atoms with Gasteiger partial charge < -0.3 is 15.6 Å². The van der Waals surface area contributed by atoms with Gasteiger partial charge in [-0.15, -0.1) is 0 Å². The van der Waals surface area contributed by atoms with Crippen molar-refractivity contribution in [2.75, 3.05) is 0 Å². The van der Waals surface area contributed by atoms with Crippen molar-refractivity contribution in [3.8, 4) is 0 Å². The largest absolute Gasteiger partial charge is 0.352 e. The van der Waals surface area contributed by atoms with Crippen LogP contribution in [0.3, 0.4) is 0 Å². The van der Waals surface area contributed by atoms with Crippen LogP contribution in [0.25, 0.3) is 0 Å². The fourth-order valence-corrected chi connectivity index (χ4v) is 1.64. The molecule has 0 aromatic carbocycles. The van der Waals surface area contributed by atoms with Crippen LogP contribution in [-0.2, 0) is 10.3 Å². The van der Waals surface area contributed by atoms with E-state index in [4.69, 9.17) is 5.73 Å². The van der Waals surface area contributed by atoms with E-state index in [1.165, 1.54) is 0 Å². The lowest BCUT2D eigenvalue weighted by Crippen LogP contribution is -2.38. The Hall–Kier alpha value is -1.36. The van der Waals surface area contributed by atoms with Gasteiger partial charge in [-0.2, -0.15) is 0 Å². The van der Waals surface area contributed by atoms with Crippen LogP contribution < -0.4 is 11.1 Å². The second-order valence-electron chi connectivity index (χ2n) is 5.25. The van der Waals surface area contributed by atoms with Crippen molar-refractivity contribution in [1.82, 2.24) is 14.9 Å². The number of nitrogens with zero attached hydrogens (tertiary/aromatic N) is 2. The first-order valence-electron chi connectivity index (χ1n) is 5.85. The van der Waals surface area contributed by atoms with Gasteiger partial charge in [-0.25, -0.2) is 4.98 Å². The Bertz CT molecular complexity index is 389. The zero-order chi connectivity index (χ0) is 13.2. The van der Waals surface area contributed by atoms with E-state index in [9.17, 15) is 4.79 Å². The molecule has 0 radical (unpaired) electrons. The van der Waals surface area contributed by atoms with Crippen LogP contribution in [0.2, 0.25) is 0 Å². The van der Waals surface area contributed by atoms with E-state index in [-0.39, 0.29) is 18.0 Å². The standard InChI is InChI=1S/C12H22N4O/c1-8(2)15-11(17)9(3)16-7-14-6-10(16)12(4,5)13/h6-9H,13H2,1-5H3,(H,15,17). The molecule has 0 bridgehead atoms. The molecule has 1 heterocycles. The smallest absolute Gasteiger partial charge is 0.243 e. The van der Waals surface area contributed by atoms with Crippen LogP contribution in [0.15, 0.2) is 12.5 Å². The van der Waals surface area contributed by atoms with Gasteiger partial charge in [0.2, 0.25) is 5.91 Å². The maximum Gasteiger partial charge on any atom is 0.243 e. The van der Waals surface area contributed by atoms with Crippen molar-refractivity contribution < 1.29 is 4.79 Å². The van der Waals surface area contributed by atoms with Gasteiger partial charge in [0.05, 0.1) is 23.8 Å². The number of amides is 1. The van der Waals surface area contributed by atoms with E-state index in [0.717, 1.165) is 5.69 Å². The molecule has 3 N–H and O–H groups in total. The van der Waals surface area contributed by atoms with Gasteiger partial charge >= 0.3 is 0 Å². The molecule has 0 fully saturated rings. The monoisotopic (exact) mass is 238 g/mol. The molecule has 1 rings (SSSR count). The second-order valence-corrected chi connectivity index (χ2v) is 5.25. The average molecular weight is 238 g/mol. The predicted octanol–water partition coefficient (Wildman–Crippen LogP) is 1.16. The summed E-state index contributed by atoms with van der Waals surface area (Å²) in [6, 6.07) is -0.180. The molecule has 1 unspecified atom stereocenters. The molecule has 0 aliphatic carbocycles. The van der Waals surface area contributed by atoms with Gasteiger partial charge in [-0.3, -0.25) is 4.79 Å². The fourth-order valence-electron chi connectivity index (χ4n) is 1.64. The maximum atomic E-state index is 11.9. The summed E-state index contributed by atoms with van der Waals surface area (Å²) in [5.41, 5.74) is 6.39. The quantitative estimate of drug-likeness (QED) is 0.826. The van der Waals surface area contributed by atoms with Gasteiger partial charge in [0.15, 0.2) is 0 Å². The van der Waals surface area contributed by atoms with Crippen molar-refractivity contribution in [3.05, 3.63) is 18.2 Å². The minimum Gasteiger partial charge on any atom is -0.352 e. The average Bonchev–Trinajstić information content (AvgIpc) is 2.62. The minimum absolute atomic E-state index is 0.0245. The summed E-state index contributed by atoms with van der Waals surface area (Å²) >= 11 is 0. The molecule has 96 valence electrons. The number of hydrogen-bond donors (Lipinski definition) is 2. The van der Waals surface area contributed by atoms with Gasteiger partial charge in [-0.1, -0.05) is 0 Å². The van der Waals surface area contributed by atoms with Crippen LogP contribution in [0.1, 0.15) is 46.4 Å². The lowest BCUT2D eigenvalue weighted by atomic mass is 10.0. The number of imidazole rings is 1. The first-order valence-corrected chi connectivity index (χ1v) is 5.85. The molecule has 1 amide bonds. The van der Waals surface area contributed by atoms with E-state index >= 15 is 0 Å². The maximum absolute atomic E-state index is 11.9. The number of carbonyl (C=O) groups excluding carboxylic acids is 1. The lowest BCUT2D eigenvalue weighted by molar-refractivity contribution is -0.124. The molecule has 1 aromatic rings. The highest BCUT2D eigenvalue weighted by Crippen LogP contribution is 2.20. The van der Waals surface area contributed by atoms with Crippen molar-refractivity contribution >= 4 is 5.91 Å². The molecule has 5 heteroatoms. The van der Waals surface area contributed by atoms with Crippen LogP contribution in [0, 0.1) is 0 Å². The Morgan fingerprint density at radius 1 is 1.47 bits per heavy atom. The summed E-state index contributed by atoms with van der Waals surface area (Å²) in [6.45, 7) is 9.51. The highest BCUT2D eigenvalue weighted by Gasteiger charge is 2.24. The number of hydrogen-bond acceptors (Lipinski definition) is 3. The third-order valence-electron chi connectivity index (χ3n) is 2.55. The molecular weight excluding hydrogens is 216 g/mol. The Balaban J connectivity index is 2.94. The normalized spacial score (nSPS) is 13.8. The molecular formula is C12H22N4O. The first-order chi connectivity index (χ1) is 7.73. The van der Waals surface area contributed by atoms with Crippen LogP contribution >= 0.6 is 0 Å². The third kappa shape index (κ3) is 3.30. The number of nitrogens with two attached hydrogens (primary N) is 1. The Morgan fingerprint density at radius 2 is 2.06 bits per heavy atom. The summed E-state index contributed by atoms with van der Waals surface area (Å²) in [4.78, 5) is 16.0. The Labute approximate surface area is 102 Å². The van der Waals surface area contributed by atoms with Crippen molar-refractivity contribution in [2.45, 2.75) is 52.2 Å². The van der Waals surface area contributed by atoms with E-state index < -0.39 is 5.54 Å². The number of nitrogens with one attached hydrogen (secondary N) is 1. The topological polar surface area (TPSA) is 72.9 Å². The molecule has 1 atom stereocenters. The number of rotatable bonds is 4. The Kier molecular flexibility index (Phi) is 3.93. The summed E-state index contributed by atoms with van der Waals surface area (Å²) in [5, 5.41) is 2.88. The van der Waals surface area contributed by atoms with E-state index in [1.54, 1.807) is 12.5 Å². The molecule has 17 heavy (non-hydrogen) atoms. The molecule has 0 saturated carbocycles.